The summed E-state index contributed by atoms with van der Waals surface area (Å²) in [7, 11) is 0. The molecule has 0 unspecified atom stereocenters. The highest BCUT2D eigenvalue weighted by atomic mass is 35.5. The molecule has 0 aromatic heterocycles. The third-order valence-electron chi connectivity index (χ3n) is 2.71. The largest absolute Gasteiger partial charge is 0.0840 e. The predicted molar refractivity (Wildman–Crippen MR) is 56.9 cm³/mol. The fourth-order valence-electron chi connectivity index (χ4n) is 2.00. The van der Waals surface area contributed by atoms with E-state index in [2.05, 4.69) is 12.1 Å². The van der Waals surface area contributed by atoms with Gasteiger partial charge in [0, 0.05) is 10.9 Å². The Bertz CT molecular complexity index is 274. The van der Waals surface area contributed by atoms with Crippen LogP contribution in [-0.2, 0) is 0 Å². The average Bonchev–Trinajstić information content (AvgIpc) is 2.20. The molecule has 0 aliphatic heterocycles. The van der Waals surface area contributed by atoms with Gasteiger partial charge in [-0.25, -0.2) is 0 Å². The van der Waals surface area contributed by atoms with Crippen molar-refractivity contribution in [1.29, 1.82) is 0 Å². The highest BCUT2D eigenvalue weighted by Crippen LogP contribution is 2.34. The van der Waals surface area contributed by atoms with Crippen LogP contribution in [0, 0.1) is 5.92 Å². The van der Waals surface area contributed by atoms with Crippen LogP contribution < -0.4 is 0 Å². The third kappa shape index (κ3) is 2.05. The summed E-state index contributed by atoms with van der Waals surface area (Å²) in [6.45, 7) is 0. The molecule has 0 heterocycles. The lowest BCUT2D eigenvalue weighted by Crippen LogP contribution is -2.05. The maximum absolute atomic E-state index is 6.14. The minimum Gasteiger partial charge on any atom is -0.0840 e. The van der Waals surface area contributed by atoms with Crippen molar-refractivity contribution < 1.29 is 0 Å². The van der Waals surface area contributed by atoms with Crippen LogP contribution in [0.15, 0.2) is 24.3 Å². The molecule has 0 atom stereocenters. The normalized spacial score (nSPS) is 18.8. The first-order valence-electron chi connectivity index (χ1n) is 4.97. The monoisotopic (exact) mass is 193 g/mol. The molecular weight excluding hydrogens is 180 g/mol. The van der Waals surface area contributed by atoms with Gasteiger partial charge in [0.25, 0.3) is 0 Å². The fraction of sp³-hybridized carbons (Fsp3) is 0.417. The van der Waals surface area contributed by atoms with Crippen molar-refractivity contribution in [2.75, 3.05) is 0 Å². The summed E-state index contributed by atoms with van der Waals surface area (Å²) >= 11 is 6.14. The van der Waals surface area contributed by atoms with Crippen LogP contribution in [0.3, 0.4) is 0 Å². The quantitative estimate of drug-likeness (QED) is 0.626. The van der Waals surface area contributed by atoms with E-state index in [1.54, 1.807) is 5.92 Å². The molecule has 0 saturated heterocycles. The van der Waals surface area contributed by atoms with Crippen molar-refractivity contribution in [3.63, 3.8) is 0 Å². The lowest BCUT2D eigenvalue weighted by atomic mass is 9.84. The minimum atomic E-state index is 0.916. The van der Waals surface area contributed by atoms with E-state index in [0.717, 1.165) is 5.02 Å². The SMILES string of the molecule is Clc1ccccc1[C]1CCCCC1. The van der Waals surface area contributed by atoms with Crippen LogP contribution in [0.2, 0.25) is 5.02 Å². The van der Waals surface area contributed by atoms with Gasteiger partial charge < -0.3 is 0 Å². The first-order chi connectivity index (χ1) is 6.38. The molecule has 1 aliphatic rings. The van der Waals surface area contributed by atoms with Crippen molar-refractivity contribution in [2.24, 2.45) is 0 Å². The van der Waals surface area contributed by atoms with E-state index in [4.69, 9.17) is 11.6 Å². The van der Waals surface area contributed by atoms with Crippen LogP contribution >= 0.6 is 11.6 Å². The van der Waals surface area contributed by atoms with E-state index in [-0.39, 0.29) is 0 Å². The standard InChI is InChI=1S/C12H14Cl/c13-12-9-5-4-8-11(12)10-6-2-1-3-7-10/h4-5,8-9H,1-3,6-7H2. The zero-order valence-corrected chi connectivity index (χ0v) is 8.48. The Balaban J connectivity index is 2.18. The fourth-order valence-corrected chi connectivity index (χ4v) is 2.27. The Morgan fingerprint density at radius 1 is 0.923 bits per heavy atom. The maximum Gasteiger partial charge on any atom is 0.0443 e. The van der Waals surface area contributed by atoms with Crippen molar-refractivity contribution in [3.8, 4) is 0 Å². The van der Waals surface area contributed by atoms with Gasteiger partial charge in [0.15, 0.2) is 0 Å². The zero-order chi connectivity index (χ0) is 9.10. The second-order valence-electron chi connectivity index (χ2n) is 3.64. The molecule has 1 aromatic rings. The predicted octanol–water partition coefficient (Wildman–Crippen LogP) is 4.23. The lowest BCUT2D eigenvalue weighted by Gasteiger charge is -2.21. The molecule has 1 heteroatoms. The van der Waals surface area contributed by atoms with E-state index in [9.17, 15) is 0 Å². The Kier molecular flexibility index (Phi) is 2.90. The van der Waals surface area contributed by atoms with Gasteiger partial charge in [-0.15, -0.1) is 0 Å². The van der Waals surface area contributed by atoms with Crippen molar-refractivity contribution >= 4 is 11.6 Å². The molecule has 1 radical (unpaired) electrons. The van der Waals surface area contributed by atoms with Crippen molar-refractivity contribution in [3.05, 3.63) is 40.8 Å². The van der Waals surface area contributed by atoms with Gasteiger partial charge in [-0.2, -0.15) is 0 Å². The van der Waals surface area contributed by atoms with Gasteiger partial charge in [-0.1, -0.05) is 49.1 Å². The summed E-state index contributed by atoms with van der Waals surface area (Å²) in [6, 6.07) is 8.19. The van der Waals surface area contributed by atoms with Crippen molar-refractivity contribution in [1.82, 2.24) is 0 Å². The summed E-state index contributed by atoms with van der Waals surface area (Å²) in [5, 5.41) is 0.916. The molecule has 69 valence electrons. The highest BCUT2D eigenvalue weighted by molar-refractivity contribution is 6.31. The lowest BCUT2D eigenvalue weighted by molar-refractivity contribution is 0.551. The Hall–Kier alpha value is -0.490. The molecule has 0 amide bonds. The van der Waals surface area contributed by atoms with Crippen LogP contribution in [0.1, 0.15) is 37.7 Å². The van der Waals surface area contributed by atoms with E-state index in [1.165, 1.54) is 37.7 Å². The van der Waals surface area contributed by atoms with Gasteiger partial charge in [0.1, 0.15) is 0 Å². The highest BCUT2D eigenvalue weighted by Gasteiger charge is 2.17. The topological polar surface area (TPSA) is 0 Å². The maximum atomic E-state index is 6.14. The molecule has 13 heavy (non-hydrogen) atoms. The molecule has 0 N–H and O–H groups in total. The third-order valence-corrected chi connectivity index (χ3v) is 3.04. The minimum absolute atomic E-state index is 0.916. The van der Waals surface area contributed by atoms with Gasteiger partial charge in [-0.3, -0.25) is 0 Å². The molecule has 2 rings (SSSR count). The van der Waals surface area contributed by atoms with Crippen LogP contribution in [-0.4, -0.2) is 0 Å². The van der Waals surface area contributed by atoms with E-state index in [1.807, 2.05) is 12.1 Å². The molecule has 1 saturated carbocycles. The average molecular weight is 194 g/mol. The van der Waals surface area contributed by atoms with Crippen LogP contribution in [0.5, 0.6) is 0 Å². The van der Waals surface area contributed by atoms with Crippen molar-refractivity contribution in [2.45, 2.75) is 32.1 Å². The molecule has 0 nitrogen and oxygen atoms in total. The van der Waals surface area contributed by atoms with Crippen LogP contribution in [0.4, 0.5) is 0 Å². The second kappa shape index (κ2) is 4.15. The first kappa shape index (κ1) is 9.08. The number of rotatable bonds is 1. The molecule has 1 aliphatic carbocycles. The number of hydrogen-bond acceptors (Lipinski definition) is 0. The summed E-state index contributed by atoms with van der Waals surface area (Å²) in [5.74, 6) is 1.55. The van der Waals surface area contributed by atoms with Gasteiger partial charge in [-0.05, 0) is 24.5 Å². The molecule has 1 aromatic carbocycles. The van der Waals surface area contributed by atoms with E-state index in [0.29, 0.717) is 0 Å². The summed E-state index contributed by atoms with van der Waals surface area (Å²) in [4.78, 5) is 0. The number of benzene rings is 1. The first-order valence-corrected chi connectivity index (χ1v) is 5.35. The Labute approximate surface area is 84.9 Å². The molecular formula is C12H14Cl. The summed E-state index contributed by atoms with van der Waals surface area (Å²) in [6.07, 6.45) is 6.53. The van der Waals surface area contributed by atoms with Gasteiger partial charge in [0.05, 0.1) is 0 Å². The van der Waals surface area contributed by atoms with Gasteiger partial charge >= 0.3 is 0 Å². The molecule has 0 spiro atoms. The Morgan fingerprint density at radius 3 is 2.31 bits per heavy atom. The van der Waals surface area contributed by atoms with Gasteiger partial charge in [0.2, 0.25) is 0 Å². The van der Waals surface area contributed by atoms with Crippen LogP contribution in [0.25, 0.3) is 0 Å². The molecule has 0 bridgehead atoms. The zero-order valence-electron chi connectivity index (χ0n) is 7.72. The smallest absolute Gasteiger partial charge is 0.0443 e. The Morgan fingerprint density at radius 2 is 1.62 bits per heavy atom. The van der Waals surface area contributed by atoms with E-state index >= 15 is 0 Å². The summed E-state index contributed by atoms with van der Waals surface area (Å²) in [5.41, 5.74) is 1.28. The molecule has 1 fully saturated rings. The second-order valence-corrected chi connectivity index (χ2v) is 4.05. The number of halogens is 1. The van der Waals surface area contributed by atoms with E-state index < -0.39 is 0 Å². The summed E-state index contributed by atoms with van der Waals surface area (Å²) < 4.78 is 0. The number of hydrogen-bond donors (Lipinski definition) is 0.